The number of benzene rings is 1. The third kappa shape index (κ3) is 4.37. The van der Waals surface area contributed by atoms with Crippen molar-refractivity contribution < 1.29 is 19.4 Å². The molecule has 0 saturated carbocycles. The van der Waals surface area contributed by atoms with Crippen LogP contribution >= 0.6 is 0 Å². The molecular formula is C17H25NO4. The average Bonchev–Trinajstić information content (AvgIpc) is 2.89. The number of likely N-dealkylation sites (tertiary alicyclic amines) is 1. The van der Waals surface area contributed by atoms with Gasteiger partial charge in [0.25, 0.3) is 0 Å². The summed E-state index contributed by atoms with van der Waals surface area (Å²) in [5.41, 5.74) is -0.613. The second kappa shape index (κ2) is 7.49. The van der Waals surface area contributed by atoms with E-state index in [2.05, 4.69) is 11.8 Å². The zero-order valence-corrected chi connectivity index (χ0v) is 13.4. The lowest BCUT2D eigenvalue weighted by Gasteiger charge is -2.20. The van der Waals surface area contributed by atoms with Crippen molar-refractivity contribution in [3.63, 3.8) is 0 Å². The second-order valence-corrected chi connectivity index (χ2v) is 6.06. The highest BCUT2D eigenvalue weighted by atomic mass is 16.5. The molecule has 1 unspecified atom stereocenters. The Kier molecular flexibility index (Phi) is 5.66. The van der Waals surface area contributed by atoms with Crippen LogP contribution in [0.15, 0.2) is 24.3 Å². The molecule has 0 spiro atoms. The quantitative estimate of drug-likeness (QED) is 0.800. The van der Waals surface area contributed by atoms with Gasteiger partial charge in [0.2, 0.25) is 0 Å². The molecule has 5 heteroatoms. The van der Waals surface area contributed by atoms with Gasteiger partial charge in [0.15, 0.2) is 0 Å². The second-order valence-electron chi connectivity index (χ2n) is 6.06. The fourth-order valence-corrected chi connectivity index (χ4v) is 2.57. The van der Waals surface area contributed by atoms with Gasteiger partial charge in [0.05, 0.1) is 12.0 Å². The Labute approximate surface area is 131 Å². The molecule has 0 radical (unpaired) electrons. The van der Waals surface area contributed by atoms with Crippen LogP contribution in [0, 0.1) is 5.41 Å². The summed E-state index contributed by atoms with van der Waals surface area (Å²) in [6, 6.07) is 7.61. The number of carbonyl (C=O) groups is 1. The summed E-state index contributed by atoms with van der Waals surface area (Å²) in [7, 11) is 0. The molecule has 1 saturated heterocycles. The Hall–Kier alpha value is -1.75. The largest absolute Gasteiger partial charge is 0.494 e. The van der Waals surface area contributed by atoms with Crippen LogP contribution in [0.4, 0.5) is 0 Å². The summed E-state index contributed by atoms with van der Waals surface area (Å²) in [5, 5.41) is 9.21. The molecule has 1 heterocycles. The molecular weight excluding hydrogens is 282 g/mol. The number of ether oxygens (including phenoxy) is 2. The van der Waals surface area contributed by atoms with Gasteiger partial charge in [-0.05, 0) is 50.6 Å². The van der Waals surface area contributed by atoms with Crippen molar-refractivity contribution in [2.45, 2.75) is 26.7 Å². The Morgan fingerprint density at radius 2 is 1.82 bits per heavy atom. The fourth-order valence-electron chi connectivity index (χ4n) is 2.57. The molecule has 1 aromatic carbocycles. The lowest BCUT2D eigenvalue weighted by atomic mass is 9.90. The molecule has 1 aliphatic rings. The van der Waals surface area contributed by atoms with Crippen LogP contribution in [0.25, 0.3) is 0 Å². The van der Waals surface area contributed by atoms with Crippen LogP contribution in [0.1, 0.15) is 26.7 Å². The maximum atomic E-state index is 11.2. The normalized spacial score (nSPS) is 21.7. The Bertz CT molecular complexity index is 488. The molecule has 1 aliphatic heterocycles. The lowest BCUT2D eigenvalue weighted by Crippen LogP contribution is -2.33. The van der Waals surface area contributed by atoms with Gasteiger partial charge < -0.3 is 14.6 Å². The van der Waals surface area contributed by atoms with Gasteiger partial charge in [-0.3, -0.25) is 9.69 Å². The standard InChI is InChI=1S/C17H25NO4/c1-3-11-21-14-4-6-15(7-5-14)22-12-10-18-9-8-17(2,13-18)16(19)20/h4-7H,3,8-13H2,1-2H3,(H,19,20). The maximum Gasteiger partial charge on any atom is 0.310 e. The first kappa shape index (κ1) is 16.6. The molecule has 1 atom stereocenters. The first-order chi connectivity index (χ1) is 10.5. The van der Waals surface area contributed by atoms with Gasteiger partial charge in [-0.2, -0.15) is 0 Å². The highest BCUT2D eigenvalue weighted by molar-refractivity contribution is 5.74. The average molecular weight is 307 g/mol. The zero-order chi connectivity index (χ0) is 16.0. The SMILES string of the molecule is CCCOc1ccc(OCCN2CCC(C)(C(=O)O)C2)cc1. The molecule has 1 fully saturated rings. The van der Waals surface area contributed by atoms with Crippen LogP contribution in [-0.2, 0) is 4.79 Å². The smallest absolute Gasteiger partial charge is 0.310 e. The third-order valence-corrected chi connectivity index (χ3v) is 4.04. The highest BCUT2D eigenvalue weighted by Gasteiger charge is 2.40. The van der Waals surface area contributed by atoms with Crippen LogP contribution in [0.3, 0.4) is 0 Å². The maximum absolute atomic E-state index is 11.2. The van der Waals surface area contributed by atoms with Crippen LogP contribution in [0.5, 0.6) is 11.5 Å². The molecule has 0 aliphatic carbocycles. The van der Waals surface area contributed by atoms with E-state index >= 15 is 0 Å². The number of carboxylic acid groups (broad SMARTS) is 1. The molecule has 1 N–H and O–H groups in total. The van der Waals surface area contributed by atoms with Crippen LogP contribution in [-0.4, -0.2) is 48.8 Å². The molecule has 122 valence electrons. The van der Waals surface area contributed by atoms with Gasteiger partial charge in [0.1, 0.15) is 18.1 Å². The summed E-state index contributed by atoms with van der Waals surface area (Å²) in [4.78, 5) is 13.3. The Morgan fingerprint density at radius 1 is 1.23 bits per heavy atom. The van der Waals surface area contributed by atoms with Crippen molar-refractivity contribution in [1.29, 1.82) is 0 Å². The zero-order valence-electron chi connectivity index (χ0n) is 13.4. The minimum atomic E-state index is -0.710. The van der Waals surface area contributed by atoms with Crippen molar-refractivity contribution in [2.24, 2.45) is 5.41 Å². The van der Waals surface area contributed by atoms with Crippen LogP contribution in [0.2, 0.25) is 0 Å². The molecule has 0 bridgehead atoms. The molecule has 22 heavy (non-hydrogen) atoms. The van der Waals surface area contributed by atoms with Crippen molar-refractivity contribution in [3.8, 4) is 11.5 Å². The van der Waals surface area contributed by atoms with Crippen molar-refractivity contribution in [3.05, 3.63) is 24.3 Å². The monoisotopic (exact) mass is 307 g/mol. The Morgan fingerprint density at radius 3 is 2.32 bits per heavy atom. The van der Waals surface area contributed by atoms with Crippen molar-refractivity contribution in [2.75, 3.05) is 32.8 Å². The fraction of sp³-hybridized carbons (Fsp3) is 0.588. The summed E-state index contributed by atoms with van der Waals surface area (Å²) in [6.07, 6.45) is 1.69. The summed E-state index contributed by atoms with van der Waals surface area (Å²) in [6.45, 7) is 7.32. The third-order valence-electron chi connectivity index (χ3n) is 4.04. The molecule has 5 nitrogen and oxygen atoms in total. The number of aliphatic carboxylic acids is 1. The Balaban J connectivity index is 1.72. The van der Waals surface area contributed by atoms with Crippen molar-refractivity contribution >= 4 is 5.97 Å². The minimum absolute atomic E-state index is 0.560. The van der Waals surface area contributed by atoms with Crippen LogP contribution < -0.4 is 9.47 Å². The molecule has 2 rings (SSSR count). The summed E-state index contributed by atoms with van der Waals surface area (Å²) in [5.74, 6) is 0.952. The first-order valence-corrected chi connectivity index (χ1v) is 7.85. The minimum Gasteiger partial charge on any atom is -0.494 e. The predicted octanol–water partition coefficient (Wildman–Crippen LogP) is 2.65. The molecule has 0 amide bonds. The van der Waals surface area contributed by atoms with E-state index in [9.17, 15) is 9.90 Å². The number of carboxylic acids is 1. The van der Waals surface area contributed by atoms with E-state index in [0.29, 0.717) is 19.6 Å². The van der Waals surface area contributed by atoms with E-state index in [1.165, 1.54) is 0 Å². The van der Waals surface area contributed by atoms with Gasteiger partial charge in [-0.25, -0.2) is 0 Å². The van der Waals surface area contributed by atoms with Gasteiger partial charge in [-0.1, -0.05) is 6.92 Å². The van der Waals surface area contributed by atoms with E-state index in [1.54, 1.807) is 0 Å². The number of hydrogen-bond donors (Lipinski definition) is 1. The van der Waals surface area contributed by atoms with Gasteiger partial charge in [-0.15, -0.1) is 0 Å². The number of rotatable bonds is 8. The van der Waals surface area contributed by atoms with E-state index in [0.717, 1.165) is 37.6 Å². The van der Waals surface area contributed by atoms with E-state index < -0.39 is 11.4 Å². The molecule has 1 aromatic rings. The molecule has 0 aromatic heterocycles. The lowest BCUT2D eigenvalue weighted by molar-refractivity contribution is -0.147. The first-order valence-electron chi connectivity index (χ1n) is 7.85. The van der Waals surface area contributed by atoms with Gasteiger partial charge >= 0.3 is 5.97 Å². The predicted molar refractivity (Wildman–Crippen MR) is 84.5 cm³/mol. The van der Waals surface area contributed by atoms with Gasteiger partial charge in [0, 0.05) is 13.1 Å². The highest BCUT2D eigenvalue weighted by Crippen LogP contribution is 2.29. The van der Waals surface area contributed by atoms with E-state index in [-0.39, 0.29) is 0 Å². The summed E-state index contributed by atoms with van der Waals surface area (Å²) >= 11 is 0. The summed E-state index contributed by atoms with van der Waals surface area (Å²) < 4.78 is 11.2. The van der Waals surface area contributed by atoms with E-state index in [4.69, 9.17) is 9.47 Å². The topological polar surface area (TPSA) is 59.0 Å². The van der Waals surface area contributed by atoms with E-state index in [1.807, 2.05) is 31.2 Å². The number of hydrogen-bond acceptors (Lipinski definition) is 4. The van der Waals surface area contributed by atoms with Crippen molar-refractivity contribution in [1.82, 2.24) is 4.90 Å². The number of nitrogens with zero attached hydrogens (tertiary/aromatic N) is 1.